The second-order valence-electron chi connectivity index (χ2n) is 8.91. The Hall–Kier alpha value is -4.50. The van der Waals surface area contributed by atoms with E-state index in [0.29, 0.717) is 41.9 Å². The van der Waals surface area contributed by atoms with Gasteiger partial charge < -0.3 is 9.30 Å². The van der Waals surface area contributed by atoms with Gasteiger partial charge in [-0.3, -0.25) is 4.79 Å². The molecule has 0 aliphatic carbocycles. The minimum absolute atomic E-state index is 0.225. The molecule has 6 heteroatoms. The number of benzene rings is 3. The van der Waals surface area contributed by atoms with Crippen LogP contribution < -0.4 is 5.56 Å². The molecule has 0 spiro atoms. The lowest BCUT2D eigenvalue weighted by Crippen LogP contribution is -2.26. The monoisotopic (exact) mass is 491 g/mol. The maximum atomic E-state index is 13.1. The van der Waals surface area contributed by atoms with Gasteiger partial charge in [0.1, 0.15) is 5.82 Å². The molecule has 0 N–H and O–H groups in total. The van der Waals surface area contributed by atoms with Crippen LogP contribution in [0.5, 0.6) is 0 Å². The topological polar surface area (TPSA) is 85.0 Å². The maximum absolute atomic E-state index is 13.1. The quantitative estimate of drug-likeness (QED) is 0.305. The van der Waals surface area contributed by atoms with Gasteiger partial charge in [0.05, 0.1) is 24.3 Å². The summed E-state index contributed by atoms with van der Waals surface area (Å²) in [4.78, 5) is 29.8. The van der Waals surface area contributed by atoms with Crippen molar-refractivity contribution in [2.75, 3.05) is 7.11 Å². The number of methoxy groups -OCH3 is 1. The fourth-order valence-corrected chi connectivity index (χ4v) is 4.64. The van der Waals surface area contributed by atoms with E-state index in [1.165, 1.54) is 7.11 Å². The van der Waals surface area contributed by atoms with E-state index < -0.39 is 5.97 Å². The Balaban J connectivity index is 1.72. The standard InChI is InChI=1S/C31H29N3O3/c1-4-9-29-28(18-22-14-16-23(17-15-22)26-12-7-5-10-24(26)19-32)30(35)33-21(2)34(29)20-25-11-6-8-13-27(25)31(36)37-3/h5-8,10-17H,4,9,18,20H2,1-3H3. The minimum Gasteiger partial charge on any atom is -0.465 e. The molecule has 6 nitrogen and oxygen atoms in total. The summed E-state index contributed by atoms with van der Waals surface area (Å²) in [6.45, 7) is 4.32. The van der Waals surface area contributed by atoms with Crippen LogP contribution in [0.1, 0.15) is 57.5 Å². The second-order valence-corrected chi connectivity index (χ2v) is 8.91. The number of carbonyl (C=O) groups is 1. The number of aryl methyl sites for hydroxylation is 1. The van der Waals surface area contributed by atoms with Gasteiger partial charge in [-0.15, -0.1) is 0 Å². The molecule has 1 heterocycles. The average Bonchev–Trinajstić information content (AvgIpc) is 2.93. The van der Waals surface area contributed by atoms with Crippen molar-refractivity contribution in [3.05, 3.63) is 122 Å². The first kappa shape index (κ1) is 25.6. The molecular formula is C31H29N3O3. The third-order valence-electron chi connectivity index (χ3n) is 6.52. The molecule has 0 unspecified atom stereocenters. The van der Waals surface area contributed by atoms with Crippen molar-refractivity contribution >= 4 is 5.97 Å². The van der Waals surface area contributed by atoms with E-state index in [-0.39, 0.29) is 5.56 Å². The Labute approximate surface area is 216 Å². The molecule has 0 amide bonds. The van der Waals surface area contributed by atoms with Gasteiger partial charge in [0.15, 0.2) is 0 Å². The summed E-state index contributed by atoms with van der Waals surface area (Å²) >= 11 is 0. The number of hydrogen-bond acceptors (Lipinski definition) is 5. The minimum atomic E-state index is -0.391. The SMILES string of the molecule is CCCc1c(Cc2ccc(-c3ccccc3C#N)cc2)c(=O)nc(C)n1Cc1ccccc1C(=O)OC. The van der Waals surface area contributed by atoms with Crippen molar-refractivity contribution in [3.63, 3.8) is 0 Å². The molecule has 0 radical (unpaired) electrons. The largest absolute Gasteiger partial charge is 0.465 e. The van der Waals surface area contributed by atoms with Gasteiger partial charge in [-0.25, -0.2) is 4.79 Å². The summed E-state index contributed by atoms with van der Waals surface area (Å²) in [5, 5.41) is 9.44. The van der Waals surface area contributed by atoms with Crippen LogP contribution in [0.4, 0.5) is 0 Å². The Kier molecular flexibility index (Phi) is 7.95. The zero-order valence-corrected chi connectivity index (χ0v) is 21.3. The van der Waals surface area contributed by atoms with E-state index >= 15 is 0 Å². The lowest BCUT2D eigenvalue weighted by atomic mass is 9.96. The lowest BCUT2D eigenvalue weighted by molar-refractivity contribution is 0.0599. The number of esters is 1. The number of hydrogen-bond donors (Lipinski definition) is 0. The Bertz CT molecular complexity index is 1530. The van der Waals surface area contributed by atoms with Gasteiger partial charge in [-0.1, -0.05) is 74.0 Å². The summed E-state index contributed by atoms with van der Waals surface area (Å²) in [6.07, 6.45) is 2.01. The summed E-state index contributed by atoms with van der Waals surface area (Å²) in [5.41, 5.74) is 6.12. The van der Waals surface area contributed by atoms with Crippen molar-refractivity contribution in [3.8, 4) is 17.2 Å². The molecule has 0 fully saturated rings. The fourth-order valence-electron chi connectivity index (χ4n) is 4.64. The van der Waals surface area contributed by atoms with Crippen LogP contribution in [-0.2, 0) is 24.1 Å². The molecule has 0 atom stereocenters. The Morgan fingerprint density at radius 3 is 2.43 bits per heavy atom. The Morgan fingerprint density at radius 1 is 1.03 bits per heavy atom. The third kappa shape index (κ3) is 5.52. The first-order valence-corrected chi connectivity index (χ1v) is 12.3. The molecule has 4 rings (SSSR count). The van der Waals surface area contributed by atoms with Crippen molar-refractivity contribution in [2.24, 2.45) is 0 Å². The maximum Gasteiger partial charge on any atom is 0.338 e. The lowest BCUT2D eigenvalue weighted by Gasteiger charge is -2.20. The van der Waals surface area contributed by atoms with Crippen LogP contribution in [0.3, 0.4) is 0 Å². The first-order valence-electron chi connectivity index (χ1n) is 12.3. The second kappa shape index (κ2) is 11.5. The Morgan fingerprint density at radius 2 is 1.73 bits per heavy atom. The molecule has 0 aliphatic heterocycles. The van der Waals surface area contributed by atoms with Gasteiger partial charge in [0.25, 0.3) is 5.56 Å². The zero-order chi connectivity index (χ0) is 26.4. The average molecular weight is 492 g/mol. The number of rotatable bonds is 8. The van der Waals surface area contributed by atoms with Crippen LogP contribution in [0.25, 0.3) is 11.1 Å². The van der Waals surface area contributed by atoms with Crippen LogP contribution in [0.15, 0.2) is 77.6 Å². The summed E-state index contributed by atoms with van der Waals surface area (Å²) in [5.74, 6) is 0.220. The molecule has 0 aliphatic rings. The molecule has 0 saturated carbocycles. The number of nitrogens with zero attached hydrogens (tertiary/aromatic N) is 3. The van der Waals surface area contributed by atoms with Crippen LogP contribution >= 0.6 is 0 Å². The fraction of sp³-hybridized carbons (Fsp3) is 0.226. The van der Waals surface area contributed by atoms with Crippen LogP contribution in [-0.4, -0.2) is 22.6 Å². The van der Waals surface area contributed by atoms with E-state index in [9.17, 15) is 14.9 Å². The molecule has 0 bridgehead atoms. The van der Waals surface area contributed by atoms with Gasteiger partial charge in [0, 0.05) is 24.2 Å². The highest BCUT2D eigenvalue weighted by Crippen LogP contribution is 2.25. The van der Waals surface area contributed by atoms with Crippen LogP contribution in [0, 0.1) is 18.3 Å². The number of carbonyl (C=O) groups excluding carboxylic acids is 1. The molecule has 37 heavy (non-hydrogen) atoms. The van der Waals surface area contributed by atoms with Crippen molar-refractivity contribution in [2.45, 2.75) is 39.7 Å². The van der Waals surface area contributed by atoms with Crippen LogP contribution in [0.2, 0.25) is 0 Å². The highest BCUT2D eigenvalue weighted by Gasteiger charge is 2.18. The summed E-state index contributed by atoms with van der Waals surface area (Å²) in [6, 6.07) is 25.1. The zero-order valence-electron chi connectivity index (χ0n) is 21.3. The number of aromatic nitrogens is 2. The van der Waals surface area contributed by atoms with Crippen molar-refractivity contribution in [1.82, 2.24) is 9.55 Å². The number of ether oxygens (including phenoxy) is 1. The molecule has 4 aromatic rings. The molecule has 0 saturated heterocycles. The predicted molar refractivity (Wildman–Crippen MR) is 144 cm³/mol. The van der Waals surface area contributed by atoms with Gasteiger partial charge in [0.2, 0.25) is 0 Å². The van der Waals surface area contributed by atoms with E-state index in [0.717, 1.165) is 34.4 Å². The smallest absolute Gasteiger partial charge is 0.338 e. The molecule has 1 aromatic heterocycles. The molecule has 3 aromatic carbocycles. The highest BCUT2D eigenvalue weighted by molar-refractivity contribution is 5.91. The van der Waals surface area contributed by atoms with E-state index in [4.69, 9.17) is 4.74 Å². The first-order chi connectivity index (χ1) is 18.0. The van der Waals surface area contributed by atoms with Crippen molar-refractivity contribution < 1.29 is 9.53 Å². The predicted octanol–water partition coefficient (Wildman–Crippen LogP) is 5.47. The third-order valence-corrected chi connectivity index (χ3v) is 6.52. The summed E-state index contributed by atoms with van der Waals surface area (Å²) < 4.78 is 7.01. The van der Waals surface area contributed by atoms with Gasteiger partial charge >= 0.3 is 5.97 Å². The highest BCUT2D eigenvalue weighted by atomic mass is 16.5. The molecule has 186 valence electrons. The van der Waals surface area contributed by atoms with Crippen molar-refractivity contribution in [1.29, 1.82) is 5.26 Å². The van der Waals surface area contributed by atoms with E-state index in [1.54, 1.807) is 12.1 Å². The van der Waals surface area contributed by atoms with E-state index in [2.05, 4.69) is 18.0 Å². The van der Waals surface area contributed by atoms with Gasteiger partial charge in [-0.2, -0.15) is 10.2 Å². The normalized spacial score (nSPS) is 10.6. The number of nitriles is 1. The molecular weight excluding hydrogens is 462 g/mol. The summed E-state index contributed by atoms with van der Waals surface area (Å²) in [7, 11) is 1.37. The van der Waals surface area contributed by atoms with E-state index in [1.807, 2.05) is 72.2 Å². The van der Waals surface area contributed by atoms with Gasteiger partial charge in [-0.05, 0) is 47.7 Å².